The third kappa shape index (κ3) is 16.1. The normalized spacial score (nSPS) is 12.2. The molecular weight excluding hydrogens is 535 g/mol. The van der Waals surface area contributed by atoms with Gasteiger partial charge in [0.15, 0.2) is 0 Å². The first-order chi connectivity index (χ1) is 20.0. The zero-order valence-corrected chi connectivity index (χ0v) is 27.1. The van der Waals surface area contributed by atoms with Gasteiger partial charge in [-0.25, -0.2) is 4.39 Å². The zero-order chi connectivity index (χ0) is 32.1. The molecule has 8 nitrogen and oxygen atoms in total. The number of para-hydroxylation sites is 1. The van der Waals surface area contributed by atoms with Crippen LogP contribution in [0.3, 0.4) is 0 Å². The number of halogens is 1. The quantitative estimate of drug-likeness (QED) is 0.288. The van der Waals surface area contributed by atoms with Gasteiger partial charge in [0.1, 0.15) is 17.7 Å². The third-order valence-electron chi connectivity index (χ3n) is 6.31. The minimum Gasteiger partial charge on any atom is -0.489 e. The van der Waals surface area contributed by atoms with Crippen molar-refractivity contribution < 1.29 is 23.5 Å². The first kappa shape index (κ1) is 38.5. The Morgan fingerprint density at radius 3 is 2.10 bits per heavy atom. The molecule has 0 aliphatic heterocycles. The zero-order valence-electron chi connectivity index (χ0n) is 27.1. The minimum absolute atomic E-state index is 0.0819. The predicted octanol–water partition coefficient (Wildman–Crippen LogP) is 5.03. The summed E-state index contributed by atoms with van der Waals surface area (Å²) >= 11 is 0. The van der Waals surface area contributed by atoms with E-state index in [4.69, 9.17) is 4.74 Å². The molecule has 3 amide bonds. The molecule has 0 bridgehead atoms. The first-order valence-electron chi connectivity index (χ1n) is 14.9. The van der Waals surface area contributed by atoms with Gasteiger partial charge in [-0.05, 0) is 56.9 Å². The van der Waals surface area contributed by atoms with Crippen LogP contribution in [0.5, 0.6) is 5.75 Å². The number of carbonyl (C=O) groups is 3. The molecule has 0 saturated heterocycles. The van der Waals surface area contributed by atoms with E-state index in [1.54, 1.807) is 19.2 Å². The van der Waals surface area contributed by atoms with Crippen molar-refractivity contribution in [3.8, 4) is 5.75 Å². The van der Waals surface area contributed by atoms with Crippen LogP contribution in [0.1, 0.15) is 65.5 Å². The molecule has 0 aliphatic carbocycles. The number of likely N-dealkylation sites (N-methyl/N-ethyl adjacent to an activating group) is 1. The predicted molar refractivity (Wildman–Crippen MR) is 169 cm³/mol. The molecular formula is C33H53FN4O4. The molecule has 2 aromatic rings. The van der Waals surface area contributed by atoms with Crippen LogP contribution in [0, 0.1) is 25.6 Å². The van der Waals surface area contributed by atoms with Crippen molar-refractivity contribution in [2.45, 2.75) is 80.4 Å². The lowest BCUT2D eigenvalue weighted by molar-refractivity contribution is -0.137. The number of nitrogens with zero attached hydrogens (tertiary/aromatic N) is 1. The maximum absolute atomic E-state index is 13.0. The van der Waals surface area contributed by atoms with E-state index in [0.29, 0.717) is 13.1 Å². The standard InChI is InChI=1S/C24H40N4O4.C7H7F.C2H6/c1-7-13-25-21(29)15-26-22(30)16-28(6)24(31)23(17(3)8-2)27-14-19(5)32-20-12-10-9-11-18(20)4;1-6-2-4-7(8)5-3-6;1-2/h9-12,17,19,23,27H,7-8,13-16H2,1-6H3,(H,25,29)(H,26,30);2-5H,1H3;1-2H3/t17?,19-,23?;;/m1../s1. The molecule has 0 saturated carbocycles. The van der Waals surface area contributed by atoms with Crippen molar-refractivity contribution in [1.29, 1.82) is 0 Å². The van der Waals surface area contributed by atoms with E-state index in [1.165, 1.54) is 17.0 Å². The van der Waals surface area contributed by atoms with Gasteiger partial charge in [-0.3, -0.25) is 14.4 Å². The summed E-state index contributed by atoms with van der Waals surface area (Å²) in [5.74, 6) is -0.0327. The molecule has 0 aliphatic rings. The molecule has 42 heavy (non-hydrogen) atoms. The Morgan fingerprint density at radius 1 is 0.929 bits per heavy atom. The van der Waals surface area contributed by atoms with Crippen LogP contribution in [-0.2, 0) is 14.4 Å². The fourth-order valence-corrected chi connectivity index (χ4v) is 3.63. The Morgan fingerprint density at radius 2 is 1.55 bits per heavy atom. The Hall–Kier alpha value is -3.46. The number of amides is 3. The molecule has 2 unspecified atom stereocenters. The monoisotopic (exact) mass is 588 g/mol. The second-order valence-corrected chi connectivity index (χ2v) is 10.1. The molecule has 9 heteroatoms. The van der Waals surface area contributed by atoms with Crippen molar-refractivity contribution in [1.82, 2.24) is 20.9 Å². The summed E-state index contributed by atoms with van der Waals surface area (Å²) in [6.45, 7) is 16.7. The van der Waals surface area contributed by atoms with Crippen LogP contribution < -0.4 is 20.7 Å². The molecule has 0 heterocycles. The summed E-state index contributed by atoms with van der Waals surface area (Å²) in [7, 11) is 1.60. The van der Waals surface area contributed by atoms with Gasteiger partial charge in [-0.1, -0.05) is 76.9 Å². The molecule has 236 valence electrons. The fourth-order valence-electron chi connectivity index (χ4n) is 3.63. The SMILES string of the molecule is CC.CCCNC(=O)CNC(=O)CN(C)C(=O)C(NC[C@@H](C)Oc1ccccc1C)C(C)CC.Cc1ccc(F)cc1. The largest absolute Gasteiger partial charge is 0.489 e. The third-order valence-corrected chi connectivity index (χ3v) is 6.31. The van der Waals surface area contributed by atoms with Gasteiger partial charge >= 0.3 is 0 Å². The summed E-state index contributed by atoms with van der Waals surface area (Å²) in [5, 5.41) is 8.58. The number of rotatable bonds is 14. The maximum Gasteiger partial charge on any atom is 0.240 e. The summed E-state index contributed by atoms with van der Waals surface area (Å²) in [4.78, 5) is 38.3. The number of benzene rings is 2. The van der Waals surface area contributed by atoms with Crippen molar-refractivity contribution in [3.63, 3.8) is 0 Å². The smallest absolute Gasteiger partial charge is 0.240 e. The molecule has 0 aromatic heterocycles. The van der Waals surface area contributed by atoms with E-state index in [9.17, 15) is 18.8 Å². The number of carbonyl (C=O) groups excluding carboxylic acids is 3. The summed E-state index contributed by atoms with van der Waals surface area (Å²) in [6, 6.07) is 13.8. The van der Waals surface area contributed by atoms with Crippen molar-refractivity contribution >= 4 is 17.7 Å². The number of ether oxygens (including phenoxy) is 1. The highest BCUT2D eigenvalue weighted by molar-refractivity contribution is 5.89. The van der Waals surface area contributed by atoms with Gasteiger partial charge in [0.25, 0.3) is 0 Å². The average Bonchev–Trinajstić information content (AvgIpc) is 2.98. The van der Waals surface area contributed by atoms with Crippen LogP contribution in [0.4, 0.5) is 4.39 Å². The Bertz CT molecular complexity index is 1030. The van der Waals surface area contributed by atoms with Crippen molar-refractivity contribution in [2.24, 2.45) is 5.92 Å². The van der Waals surface area contributed by atoms with Crippen LogP contribution in [0.15, 0.2) is 48.5 Å². The highest BCUT2D eigenvalue weighted by Gasteiger charge is 2.28. The lowest BCUT2D eigenvalue weighted by Crippen LogP contribution is -2.52. The number of nitrogens with one attached hydrogen (secondary N) is 3. The molecule has 2 aromatic carbocycles. The summed E-state index contributed by atoms with van der Waals surface area (Å²) in [5.41, 5.74) is 2.15. The van der Waals surface area contributed by atoms with Gasteiger partial charge in [0.05, 0.1) is 19.1 Å². The van der Waals surface area contributed by atoms with Crippen molar-refractivity contribution in [2.75, 3.05) is 33.2 Å². The molecule has 3 atom stereocenters. The highest BCUT2D eigenvalue weighted by atomic mass is 19.1. The molecule has 2 rings (SSSR count). The first-order valence-corrected chi connectivity index (χ1v) is 14.9. The minimum atomic E-state index is -0.437. The molecule has 3 N–H and O–H groups in total. The van der Waals surface area contributed by atoms with Crippen LogP contribution in [0.25, 0.3) is 0 Å². The maximum atomic E-state index is 13.0. The topological polar surface area (TPSA) is 99.8 Å². The lowest BCUT2D eigenvalue weighted by Gasteiger charge is -2.29. The lowest BCUT2D eigenvalue weighted by atomic mass is 9.97. The second-order valence-electron chi connectivity index (χ2n) is 10.1. The number of hydrogen-bond acceptors (Lipinski definition) is 5. The van der Waals surface area contributed by atoms with E-state index in [0.717, 1.165) is 29.7 Å². The van der Waals surface area contributed by atoms with E-state index < -0.39 is 6.04 Å². The Labute approximate surface area is 252 Å². The molecule has 0 fully saturated rings. The molecule has 0 spiro atoms. The van der Waals surface area contributed by atoms with Gasteiger partial charge in [0, 0.05) is 20.1 Å². The van der Waals surface area contributed by atoms with E-state index >= 15 is 0 Å². The fraction of sp³-hybridized carbons (Fsp3) is 0.545. The Kier molecular flexibility index (Phi) is 20.4. The highest BCUT2D eigenvalue weighted by Crippen LogP contribution is 2.18. The van der Waals surface area contributed by atoms with Gasteiger partial charge in [0.2, 0.25) is 17.7 Å². The second kappa shape index (κ2) is 22.2. The number of hydrogen-bond donors (Lipinski definition) is 3. The van der Waals surface area contributed by atoms with Crippen LogP contribution in [-0.4, -0.2) is 68.0 Å². The van der Waals surface area contributed by atoms with Crippen LogP contribution in [0.2, 0.25) is 0 Å². The van der Waals surface area contributed by atoms with E-state index in [2.05, 4.69) is 16.0 Å². The summed E-state index contributed by atoms with van der Waals surface area (Å²) < 4.78 is 18.1. The van der Waals surface area contributed by atoms with Crippen molar-refractivity contribution in [3.05, 3.63) is 65.5 Å². The summed E-state index contributed by atoms with van der Waals surface area (Å²) in [6.07, 6.45) is 1.51. The number of aryl methyl sites for hydroxylation is 2. The Balaban J connectivity index is 0.00000142. The van der Waals surface area contributed by atoms with Gasteiger partial charge in [-0.15, -0.1) is 0 Å². The van der Waals surface area contributed by atoms with Gasteiger partial charge < -0.3 is 25.6 Å². The van der Waals surface area contributed by atoms with E-state index in [1.807, 2.05) is 79.7 Å². The van der Waals surface area contributed by atoms with Gasteiger partial charge in [-0.2, -0.15) is 0 Å². The average molecular weight is 589 g/mol. The van der Waals surface area contributed by atoms with Crippen LogP contribution >= 0.6 is 0 Å². The van der Waals surface area contributed by atoms with E-state index in [-0.39, 0.29) is 48.7 Å². The molecule has 0 radical (unpaired) electrons.